The molecule has 1 aliphatic heterocycles. The van der Waals surface area contributed by atoms with Crippen molar-refractivity contribution in [3.05, 3.63) is 95.1 Å². The number of fused-ring (bicyclic) bond motifs is 1. The van der Waals surface area contributed by atoms with E-state index in [0.29, 0.717) is 13.0 Å². The number of hydrogen-bond acceptors (Lipinski definition) is 8. The zero-order valence-corrected chi connectivity index (χ0v) is 24.9. The molecule has 0 radical (unpaired) electrons. The monoisotopic (exact) mass is 606 g/mol. The van der Waals surface area contributed by atoms with E-state index in [0.717, 1.165) is 42.6 Å². The average molecular weight is 607 g/mol. The van der Waals surface area contributed by atoms with Crippen LogP contribution in [0.4, 0.5) is 0 Å². The van der Waals surface area contributed by atoms with Crippen LogP contribution >= 0.6 is 23.1 Å². The highest BCUT2D eigenvalue weighted by atomic mass is 32.2. The highest BCUT2D eigenvalue weighted by Gasteiger charge is 2.38. The number of thiazole rings is 1. The van der Waals surface area contributed by atoms with Crippen LogP contribution < -0.4 is 5.32 Å². The van der Waals surface area contributed by atoms with Gasteiger partial charge in [0.25, 0.3) is 0 Å². The molecule has 8 nitrogen and oxygen atoms in total. The quantitative estimate of drug-likeness (QED) is 0.162. The smallest absolute Gasteiger partial charge is 0.303 e. The molecular weight excluding hydrogens is 572 g/mol. The molecule has 42 heavy (non-hydrogen) atoms. The van der Waals surface area contributed by atoms with E-state index in [4.69, 9.17) is 19.6 Å². The summed E-state index contributed by atoms with van der Waals surface area (Å²) in [6.07, 6.45) is -0.408. The molecule has 4 atom stereocenters. The molecule has 4 unspecified atom stereocenters. The molecule has 5 rings (SSSR count). The summed E-state index contributed by atoms with van der Waals surface area (Å²) in [7, 11) is 0. The maximum atomic E-state index is 12.0. The van der Waals surface area contributed by atoms with Crippen LogP contribution in [0.2, 0.25) is 0 Å². The van der Waals surface area contributed by atoms with Crippen molar-refractivity contribution in [2.45, 2.75) is 62.2 Å². The molecule has 1 saturated heterocycles. The predicted molar refractivity (Wildman–Crippen MR) is 163 cm³/mol. The number of benzene rings is 3. The van der Waals surface area contributed by atoms with Crippen LogP contribution in [0.5, 0.6) is 0 Å². The van der Waals surface area contributed by atoms with Crippen molar-refractivity contribution in [3.63, 3.8) is 0 Å². The molecule has 0 spiro atoms. The Bertz CT molecular complexity index is 1460. The first-order valence-electron chi connectivity index (χ1n) is 14.0. The number of carboxylic acids is 1. The normalized spacial score (nSPS) is 20.4. The number of aliphatic hydroxyl groups is 1. The summed E-state index contributed by atoms with van der Waals surface area (Å²) in [4.78, 5) is 27.5. The van der Waals surface area contributed by atoms with Gasteiger partial charge in [-0.1, -0.05) is 79.3 Å². The van der Waals surface area contributed by atoms with Gasteiger partial charge in [-0.05, 0) is 35.2 Å². The molecule has 4 aromatic rings. The highest BCUT2D eigenvalue weighted by Crippen LogP contribution is 2.43. The summed E-state index contributed by atoms with van der Waals surface area (Å²) in [5.74, 6) is -0.282. The number of para-hydroxylation sites is 1. The van der Waals surface area contributed by atoms with Crippen molar-refractivity contribution in [1.29, 1.82) is 0 Å². The number of carboxylic acid groups (broad SMARTS) is 1. The number of ether oxygens (including phenoxy) is 2. The summed E-state index contributed by atoms with van der Waals surface area (Å²) in [5.41, 5.74) is 4.69. The summed E-state index contributed by atoms with van der Waals surface area (Å²) < 4.78 is 15.3. The zero-order chi connectivity index (χ0) is 29.5. The van der Waals surface area contributed by atoms with Crippen molar-refractivity contribution in [2.75, 3.05) is 5.75 Å². The van der Waals surface area contributed by atoms with Gasteiger partial charge in [0.05, 0.1) is 29.0 Å². The van der Waals surface area contributed by atoms with E-state index in [1.807, 2.05) is 66.7 Å². The van der Waals surface area contributed by atoms with Crippen LogP contribution in [0.25, 0.3) is 10.2 Å². The summed E-state index contributed by atoms with van der Waals surface area (Å²) in [5, 5.41) is 21.1. The maximum absolute atomic E-state index is 12.0. The van der Waals surface area contributed by atoms with E-state index in [9.17, 15) is 14.7 Å². The Morgan fingerprint density at radius 1 is 0.952 bits per heavy atom. The lowest BCUT2D eigenvalue weighted by Crippen LogP contribution is -2.38. The maximum Gasteiger partial charge on any atom is 0.303 e. The molecule has 1 aliphatic rings. The van der Waals surface area contributed by atoms with Gasteiger partial charge in [0, 0.05) is 36.6 Å². The summed E-state index contributed by atoms with van der Waals surface area (Å²) in [6, 6.07) is 23.8. The van der Waals surface area contributed by atoms with Gasteiger partial charge >= 0.3 is 5.97 Å². The summed E-state index contributed by atoms with van der Waals surface area (Å²) in [6.45, 7) is 2.49. The largest absolute Gasteiger partial charge is 0.481 e. The number of thioether (sulfide) groups is 1. The van der Waals surface area contributed by atoms with E-state index in [1.54, 1.807) is 23.1 Å². The summed E-state index contributed by atoms with van der Waals surface area (Å²) >= 11 is 3.38. The van der Waals surface area contributed by atoms with Gasteiger partial charge in [0.1, 0.15) is 0 Å². The van der Waals surface area contributed by atoms with Crippen LogP contribution in [0.1, 0.15) is 60.8 Å². The van der Waals surface area contributed by atoms with Crippen molar-refractivity contribution < 1.29 is 29.3 Å². The Hall–Kier alpha value is -3.28. The van der Waals surface area contributed by atoms with E-state index >= 15 is 0 Å². The SMILES string of the molecule is CC1C(CSc2nc3ccccc3s2)OC(c2ccc(CNC(=O)CCCC(=O)O)cc2)OC1c1ccc(CO)cc1. The van der Waals surface area contributed by atoms with Crippen LogP contribution in [-0.2, 0) is 32.2 Å². The van der Waals surface area contributed by atoms with Gasteiger partial charge in [-0.3, -0.25) is 9.59 Å². The molecule has 0 bridgehead atoms. The molecular formula is C32H34N2O6S2. The number of aliphatic carboxylic acids is 1. The highest BCUT2D eigenvalue weighted by molar-refractivity contribution is 8.01. The molecule has 0 saturated carbocycles. The lowest BCUT2D eigenvalue weighted by molar-refractivity contribution is -0.268. The van der Waals surface area contributed by atoms with E-state index in [-0.39, 0.29) is 43.5 Å². The number of carbonyl (C=O) groups is 2. The van der Waals surface area contributed by atoms with Gasteiger partial charge in [-0.15, -0.1) is 11.3 Å². The minimum Gasteiger partial charge on any atom is -0.481 e. The first kappa shape index (κ1) is 30.2. The third-order valence-corrected chi connectivity index (χ3v) is 9.57. The Labute approximate surface area is 253 Å². The first-order chi connectivity index (χ1) is 20.4. The predicted octanol–water partition coefficient (Wildman–Crippen LogP) is 6.24. The van der Waals surface area contributed by atoms with E-state index < -0.39 is 12.3 Å². The molecule has 3 aromatic carbocycles. The third kappa shape index (κ3) is 7.76. The number of carbonyl (C=O) groups excluding carboxylic acids is 1. The number of hydrogen-bond donors (Lipinski definition) is 3. The van der Waals surface area contributed by atoms with Crippen LogP contribution in [0.15, 0.2) is 77.1 Å². The van der Waals surface area contributed by atoms with E-state index in [1.165, 1.54) is 0 Å². The lowest BCUT2D eigenvalue weighted by atomic mass is 9.91. The van der Waals surface area contributed by atoms with Gasteiger partial charge in [-0.2, -0.15) is 0 Å². The fraction of sp³-hybridized carbons (Fsp3) is 0.344. The number of nitrogens with one attached hydrogen (secondary N) is 1. The molecule has 2 heterocycles. The lowest BCUT2D eigenvalue weighted by Gasteiger charge is -2.41. The number of rotatable bonds is 12. The number of aromatic nitrogens is 1. The molecule has 3 N–H and O–H groups in total. The fourth-order valence-electron chi connectivity index (χ4n) is 4.86. The van der Waals surface area contributed by atoms with Crippen LogP contribution in [0.3, 0.4) is 0 Å². The van der Waals surface area contributed by atoms with Gasteiger partial charge in [0.2, 0.25) is 5.91 Å². The zero-order valence-electron chi connectivity index (χ0n) is 23.3. The minimum atomic E-state index is -0.901. The second-order valence-electron chi connectivity index (χ2n) is 10.3. The number of amides is 1. The van der Waals surface area contributed by atoms with Crippen molar-refractivity contribution >= 4 is 45.2 Å². The fourth-order valence-corrected chi connectivity index (χ4v) is 7.12. The number of aliphatic hydroxyl groups excluding tert-OH is 1. The van der Waals surface area contributed by atoms with Gasteiger partial charge in [0.15, 0.2) is 10.6 Å². The first-order valence-corrected chi connectivity index (χ1v) is 15.8. The molecule has 10 heteroatoms. The van der Waals surface area contributed by atoms with Crippen molar-refractivity contribution in [1.82, 2.24) is 10.3 Å². The molecule has 0 aliphatic carbocycles. The Morgan fingerprint density at radius 2 is 1.67 bits per heavy atom. The van der Waals surface area contributed by atoms with Crippen molar-refractivity contribution in [2.24, 2.45) is 5.92 Å². The topological polar surface area (TPSA) is 118 Å². The van der Waals surface area contributed by atoms with Gasteiger partial charge in [-0.25, -0.2) is 4.98 Å². The molecule has 220 valence electrons. The van der Waals surface area contributed by atoms with Crippen LogP contribution in [0, 0.1) is 5.92 Å². The minimum absolute atomic E-state index is 0.0103. The second-order valence-corrected chi connectivity index (χ2v) is 12.6. The second kappa shape index (κ2) is 14.3. The van der Waals surface area contributed by atoms with Gasteiger partial charge < -0.3 is 25.0 Å². The Balaban J connectivity index is 1.28. The molecule has 1 aromatic heterocycles. The number of nitrogens with zero attached hydrogens (tertiary/aromatic N) is 1. The Kier molecular flexibility index (Phi) is 10.2. The third-order valence-electron chi connectivity index (χ3n) is 7.30. The Morgan fingerprint density at radius 3 is 2.38 bits per heavy atom. The van der Waals surface area contributed by atoms with Crippen molar-refractivity contribution in [3.8, 4) is 0 Å². The molecule has 1 fully saturated rings. The standard InChI is InChI=1S/C32H34N2O6S2/c1-20-26(19-41-32-34-25-5-2-3-6-27(25)42-32)39-31(40-30(20)23-13-11-22(18-35)12-14-23)24-15-9-21(10-16-24)17-33-28(36)7-4-8-29(37)38/h2-3,5-6,9-16,20,26,30-31,35H,4,7-8,17-19H2,1H3,(H,33,36)(H,37,38). The average Bonchev–Trinajstić information content (AvgIpc) is 3.43. The van der Waals surface area contributed by atoms with Crippen LogP contribution in [-0.4, -0.2) is 38.9 Å². The van der Waals surface area contributed by atoms with E-state index in [2.05, 4.69) is 18.3 Å². The molecule has 1 amide bonds.